The standard InChI is InChI=1S/C15H28N2O2/c1-12(2)14(18)9-7-5-6-8-10-16-15(19)11-17-13(3)4/h13,17H,1,5-11H2,2-4H3,(H,16,19). The molecule has 0 fully saturated rings. The Morgan fingerprint density at radius 3 is 2.32 bits per heavy atom. The fraction of sp³-hybridized carbons (Fsp3) is 0.733. The molecular formula is C15H28N2O2. The quantitative estimate of drug-likeness (QED) is 0.446. The lowest BCUT2D eigenvalue weighted by Crippen LogP contribution is -2.37. The van der Waals surface area contributed by atoms with E-state index >= 15 is 0 Å². The van der Waals surface area contributed by atoms with Gasteiger partial charge in [-0.1, -0.05) is 33.3 Å². The minimum absolute atomic E-state index is 0.0474. The van der Waals surface area contributed by atoms with E-state index in [0.29, 0.717) is 31.1 Å². The van der Waals surface area contributed by atoms with Crippen LogP contribution in [0.1, 0.15) is 52.9 Å². The zero-order chi connectivity index (χ0) is 14.7. The van der Waals surface area contributed by atoms with Crippen molar-refractivity contribution in [2.75, 3.05) is 13.1 Å². The van der Waals surface area contributed by atoms with E-state index in [2.05, 4.69) is 17.2 Å². The highest BCUT2D eigenvalue weighted by Gasteiger charge is 2.02. The van der Waals surface area contributed by atoms with Crippen molar-refractivity contribution in [1.82, 2.24) is 10.6 Å². The summed E-state index contributed by atoms with van der Waals surface area (Å²) in [6, 6.07) is 0.330. The average Bonchev–Trinajstić information content (AvgIpc) is 2.34. The number of carbonyl (C=O) groups excluding carboxylic acids is 2. The monoisotopic (exact) mass is 268 g/mol. The van der Waals surface area contributed by atoms with Gasteiger partial charge in [0.05, 0.1) is 6.54 Å². The van der Waals surface area contributed by atoms with Crippen LogP contribution in [0.3, 0.4) is 0 Å². The molecule has 0 bridgehead atoms. The number of carbonyl (C=O) groups is 2. The molecule has 0 saturated heterocycles. The molecule has 0 radical (unpaired) electrons. The summed E-state index contributed by atoms with van der Waals surface area (Å²) in [6.45, 7) is 10.5. The van der Waals surface area contributed by atoms with E-state index in [9.17, 15) is 9.59 Å². The molecule has 19 heavy (non-hydrogen) atoms. The van der Waals surface area contributed by atoms with Gasteiger partial charge in [-0.05, 0) is 25.3 Å². The van der Waals surface area contributed by atoms with Crippen molar-refractivity contribution in [2.45, 2.75) is 58.9 Å². The Kier molecular flexibility index (Phi) is 10.1. The van der Waals surface area contributed by atoms with Crippen molar-refractivity contribution in [3.8, 4) is 0 Å². The molecule has 0 aromatic carbocycles. The lowest BCUT2D eigenvalue weighted by Gasteiger charge is -2.08. The van der Waals surface area contributed by atoms with Crippen molar-refractivity contribution < 1.29 is 9.59 Å². The average molecular weight is 268 g/mol. The Morgan fingerprint density at radius 1 is 1.11 bits per heavy atom. The molecule has 0 aliphatic rings. The molecule has 0 aliphatic heterocycles. The van der Waals surface area contributed by atoms with Crippen LogP contribution < -0.4 is 10.6 Å². The number of nitrogens with one attached hydrogen (secondary N) is 2. The van der Waals surface area contributed by atoms with Crippen molar-refractivity contribution in [2.24, 2.45) is 0 Å². The van der Waals surface area contributed by atoms with Crippen molar-refractivity contribution >= 4 is 11.7 Å². The first-order valence-electron chi connectivity index (χ1n) is 7.12. The van der Waals surface area contributed by atoms with Crippen LogP contribution in [0.15, 0.2) is 12.2 Å². The molecule has 0 saturated carbocycles. The van der Waals surface area contributed by atoms with Gasteiger partial charge < -0.3 is 10.6 Å². The lowest BCUT2D eigenvalue weighted by atomic mass is 10.1. The van der Waals surface area contributed by atoms with E-state index in [1.54, 1.807) is 6.92 Å². The Hall–Kier alpha value is -1.16. The number of hydrogen-bond acceptors (Lipinski definition) is 3. The molecule has 4 heteroatoms. The van der Waals surface area contributed by atoms with Gasteiger partial charge in [-0.25, -0.2) is 0 Å². The van der Waals surface area contributed by atoms with E-state index in [0.717, 1.165) is 25.7 Å². The van der Waals surface area contributed by atoms with Gasteiger partial charge in [-0.2, -0.15) is 0 Å². The summed E-state index contributed by atoms with van der Waals surface area (Å²) in [5, 5.41) is 5.95. The van der Waals surface area contributed by atoms with Crippen LogP contribution in [0.2, 0.25) is 0 Å². The number of ketones is 1. The first-order chi connectivity index (χ1) is 8.93. The lowest BCUT2D eigenvalue weighted by molar-refractivity contribution is -0.120. The van der Waals surface area contributed by atoms with Gasteiger partial charge in [-0.3, -0.25) is 9.59 Å². The van der Waals surface area contributed by atoms with Crippen LogP contribution in [0.25, 0.3) is 0 Å². The molecule has 0 aromatic rings. The van der Waals surface area contributed by atoms with Gasteiger partial charge >= 0.3 is 0 Å². The molecule has 0 rings (SSSR count). The highest BCUT2D eigenvalue weighted by molar-refractivity contribution is 5.93. The third-order valence-electron chi connectivity index (χ3n) is 2.80. The second-order valence-electron chi connectivity index (χ2n) is 5.25. The number of Topliss-reactive ketones (excluding diaryl/α,β-unsaturated/α-hetero) is 1. The Labute approximate surface area is 117 Å². The number of unbranched alkanes of at least 4 members (excludes halogenated alkanes) is 3. The van der Waals surface area contributed by atoms with Gasteiger partial charge in [0.2, 0.25) is 5.91 Å². The van der Waals surface area contributed by atoms with E-state index in [-0.39, 0.29) is 11.7 Å². The summed E-state index contributed by atoms with van der Waals surface area (Å²) in [5.41, 5.74) is 0.643. The van der Waals surface area contributed by atoms with Crippen LogP contribution in [-0.4, -0.2) is 30.8 Å². The number of rotatable bonds is 11. The van der Waals surface area contributed by atoms with Gasteiger partial charge in [-0.15, -0.1) is 0 Å². The van der Waals surface area contributed by atoms with Gasteiger partial charge in [0.25, 0.3) is 0 Å². The third-order valence-corrected chi connectivity index (χ3v) is 2.80. The molecule has 0 spiro atoms. The van der Waals surface area contributed by atoms with Crippen molar-refractivity contribution in [3.63, 3.8) is 0 Å². The van der Waals surface area contributed by atoms with Crippen LogP contribution in [0, 0.1) is 0 Å². The predicted octanol–water partition coefficient (Wildman–Crippen LogP) is 2.20. The second-order valence-corrected chi connectivity index (χ2v) is 5.25. The number of hydrogen-bond donors (Lipinski definition) is 2. The summed E-state index contributed by atoms with van der Waals surface area (Å²) in [5.74, 6) is 0.208. The predicted molar refractivity (Wildman–Crippen MR) is 79.1 cm³/mol. The van der Waals surface area contributed by atoms with Gasteiger partial charge in [0, 0.05) is 19.0 Å². The Balaban J connectivity index is 3.34. The van der Waals surface area contributed by atoms with E-state index < -0.39 is 0 Å². The maximum Gasteiger partial charge on any atom is 0.233 e. The molecule has 0 aromatic heterocycles. The number of allylic oxidation sites excluding steroid dienone is 1. The van der Waals surface area contributed by atoms with Gasteiger partial charge in [0.15, 0.2) is 5.78 Å². The first-order valence-corrected chi connectivity index (χ1v) is 7.12. The summed E-state index contributed by atoms with van der Waals surface area (Å²) < 4.78 is 0. The highest BCUT2D eigenvalue weighted by atomic mass is 16.2. The fourth-order valence-corrected chi connectivity index (χ4v) is 1.56. The van der Waals surface area contributed by atoms with E-state index in [4.69, 9.17) is 0 Å². The van der Waals surface area contributed by atoms with Crippen molar-refractivity contribution in [3.05, 3.63) is 12.2 Å². The molecule has 0 aliphatic carbocycles. The zero-order valence-electron chi connectivity index (χ0n) is 12.6. The molecular weight excluding hydrogens is 240 g/mol. The first kappa shape index (κ1) is 17.8. The largest absolute Gasteiger partial charge is 0.355 e. The molecule has 0 atom stereocenters. The molecule has 4 nitrogen and oxygen atoms in total. The minimum atomic E-state index is 0.0474. The van der Waals surface area contributed by atoms with Crippen LogP contribution >= 0.6 is 0 Å². The van der Waals surface area contributed by atoms with Gasteiger partial charge in [0.1, 0.15) is 0 Å². The minimum Gasteiger partial charge on any atom is -0.355 e. The van der Waals surface area contributed by atoms with Crippen LogP contribution in [-0.2, 0) is 9.59 Å². The van der Waals surface area contributed by atoms with Crippen LogP contribution in [0.5, 0.6) is 0 Å². The molecule has 0 unspecified atom stereocenters. The third kappa shape index (κ3) is 11.7. The highest BCUT2D eigenvalue weighted by Crippen LogP contribution is 2.05. The summed E-state index contributed by atoms with van der Waals surface area (Å²) in [4.78, 5) is 22.7. The topological polar surface area (TPSA) is 58.2 Å². The van der Waals surface area contributed by atoms with E-state index in [1.807, 2.05) is 13.8 Å². The normalized spacial score (nSPS) is 10.5. The second kappa shape index (κ2) is 10.7. The maximum atomic E-state index is 11.4. The smallest absolute Gasteiger partial charge is 0.233 e. The Morgan fingerprint density at radius 2 is 1.74 bits per heavy atom. The summed E-state index contributed by atoms with van der Waals surface area (Å²) in [7, 11) is 0. The summed E-state index contributed by atoms with van der Waals surface area (Å²) >= 11 is 0. The zero-order valence-corrected chi connectivity index (χ0v) is 12.6. The van der Waals surface area contributed by atoms with E-state index in [1.165, 1.54) is 0 Å². The molecule has 2 N–H and O–H groups in total. The number of amides is 1. The van der Waals surface area contributed by atoms with Crippen molar-refractivity contribution in [1.29, 1.82) is 0 Å². The summed E-state index contributed by atoms with van der Waals surface area (Å²) in [6.07, 6.45) is 4.55. The SMILES string of the molecule is C=C(C)C(=O)CCCCCCNC(=O)CNC(C)C. The Bertz CT molecular complexity index is 299. The van der Waals surface area contributed by atoms with Crippen LogP contribution in [0.4, 0.5) is 0 Å². The maximum absolute atomic E-state index is 11.4. The molecule has 1 amide bonds. The molecule has 110 valence electrons. The fourth-order valence-electron chi connectivity index (χ4n) is 1.56. The molecule has 0 heterocycles.